The van der Waals surface area contributed by atoms with Crippen LogP contribution < -0.4 is 5.32 Å². The molecule has 1 aliphatic rings. The molecule has 25 heavy (non-hydrogen) atoms. The third kappa shape index (κ3) is 5.20. The highest BCUT2D eigenvalue weighted by Crippen LogP contribution is 2.20. The van der Waals surface area contributed by atoms with Gasteiger partial charge in [0.25, 0.3) is 0 Å². The fraction of sp³-hybridized carbons (Fsp3) is 0.316. The first kappa shape index (κ1) is 17.3. The van der Waals surface area contributed by atoms with Gasteiger partial charge in [0.15, 0.2) is 0 Å². The SMILES string of the molecule is C[C@H]1COCCN1CC(=O)Nc1ccc(N=Nc2ccccc2)cc1. The highest BCUT2D eigenvalue weighted by atomic mass is 16.5. The van der Waals surface area contributed by atoms with Crippen molar-refractivity contribution >= 4 is 23.0 Å². The van der Waals surface area contributed by atoms with Crippen molar-refractivity contribution in [3.8, 4) is 0 Å². The van der Waals surface area contributed by atoms with Crippen molar-refractivity contribution in [1.29, 1.82) is 0 Å². The molecular formula is C19H22N4O2. The molecule has 6 nitrogen and oxygen atoms in total. The summed E-state index contributed by atoms with van der Waals surface area (Å²) in [6, 6.07) is 17.2. The van der Waals surface area contributed by atoms with E-state index in [-0.39, 0.29) is 11.9 Å². The van der Waals surface area contributed by atoms with E-state index in [0.717, 1.165) is 23.6 Å². The number of carbonyl (C=O) groups is 1. The number of hydrogen-bond donors (Lipinski definition) is 1. The molecule has 0 aromatic heterocycles. The van der Waals surface area contributed by atoms with Crippen LogP contribution in [0, 0.1) is 0 Å². The molecule has 130 valence electrons. The van der Waals surface area contributed by atoms with Gasteiger partial charge in [0.05, 0.1) is 31.1 Å². The Morgan fingerprint density at radius 2 is 1.80 bits per heavy atom. The molecule has 2 aromatic carbocycles. The summed E-state index contributed by atoms with van der Waals surface area (Å²) in [5.74, 6) is -0.0209. The standard InChI is InChI=1S/C19H22N4O2/c1-15-14-25-12-11-23(15)13-19(24)20-16-7-9-18(10-8-16)22-21-17-5-3-2-4-6-17/h2-10,15H,11-14H2,1H3,(H,20,24)/t15-/m0/s1. The number of hydrogen-bond acceptors (Lipinski definition) is 5. The molecule has 0 bridgehead atoms. The Kier molecular flexibility index (Phi) is 5.87. The molecule has 0 spiro atoms. The molecule has 1 saturated heterocycles. The molecule has 1 aliphatic heterocycles. The molecule has 0 radical (unpaired) electrons. The minimum atomic E-state index is -0.0209. The number of azo groups is 1. The molecule has 0 aliphatic carbocycles. The maximum absolute atomic E-state index is 12.2. The van der Waals surface area contributed by atoms with Crippen LogP contribution in [0.15, 0.2) is 64.8 Å². The van der Waals surface area contributed by atoms with E-state index in [1.54, 1.807) is 0 Å². The van der Waals surface area contributed by atoms with E-state index in [1.807, 2.05) is 54.6 Å². The van der Waals surface area contributed by atoms with E-state index in [1.165, 1.54) is 0 Å². The molecule has 6 heteroatoms. The molecular weight excluding hydrogens is 316 g/mol. The Balaban J connectivity index is 1.53. The van der Waals surface area contributed by atoms with Crippen molar-refractivity contribution in [1.82, 2.24) is 4.90 Å². The molecule has 1 heterocycles. The zero-order valence-corrected chi connectivity index (χ0v) is 14.3. The first-order valence-corrected chi connectivity index (χ1v) is 8.39. The first-order valence-electron chi connectivity index (χ1n) is 8.39. The van der Waals surface area contributed by atoms with Crippen LogP contribution in [0.3, 0.4) is 0 Å². The summed E-state index contributed by atoms with van der Waals surface area (Å²) >= 11 is 0. The Morgan fingerprint density at radius 1 is 1.12 bits per heavy atom. The van der Waals surface area contributed by atoms with Crippen LogP contribution in [-0.4, -0.2) is 43.2 Å². The largest absolute Gasteiger partial charge is 0.379 e. The zero-order valence-electron chi connectivity index (χ0n) is 14.3. The minimum absolute atomic E-state index is 0.0209. The van der Waals surface area contributed by atoms with Gasteiger partial charge in [-0.3, -0.25) is 9.69 Å². The molecule has 0 saturated carbocycles. The number of amides is 1. The quantitative estimate of drug-likeness (QED) is 0.844. The van der Waals surface area contributed by atoms with Crippen LogP contribution in [0.5, 0.6) is 0 Å². The lowest BCUT2D eigenvalue weighted by Gasteiger charge is -2.32. The summed E-state index contributed by atoms with van der Waals surface area (Å²) in [5.41, 5.74) is 2.30. The van der Waals surface area contributed by atoms with Crippen LogP contribution in [0.25, 0.3) is 0 Å². The van der Waals surface area contributed by atoms with Crippen LogP contribution >= 0.6 is 0 Å². The van der Waals surface area contributed by atoms with Crippen LogP contribution in [0.1, 0.15) is 6.92 Å². The van der Waals surface area contributed by atoms with Gasteiger partial charge in [0.2, 0.25) is 5.91 Å². The number of anilines is 1. The fourth-order valence-electron chi connectivity index (χ4n) is 2.60. The van der Waals surface area contributed by atoms with Gasteiger partial charge in [-0.2, -0.15) is 10.2 Å². The predicted molar refractivity (Wildman–Crippen MR) is 97.5 cm³/mol. The zero-order chi connectivity index (χ0) is 17.5. The van der Waals surface area contributed by atoms with Crippen molar-refractivity contribution < 1.29 is 9.53 Å². The molecule has 1 amide bonds. The second-order valence-electron chi connectivity index (χ2n) is 6.03. The van der Waals surface area contributed by atoms with Crippen molar-refractivity contribution in [3.63, 3.8) is 0 Å². The molecule has 1 atom stereocenters. The van der Waals surface area contributed by atoms with Crippen molar-refractivity contribution in [2.45, 2.75) is 13.0 Å². The Hall–Kier alpha value is -2.57. The third-order valence-electron chi connectivity index (χ3n) is 4.04. The summed E-state index contributed by atoms with van der Waals surface area (Å²) in [6.07, 6.45) is 0. The van der Waals surface area contributed by atoms with Crippen molar-refractivity contribution in [2.24, 2.45) is 10.2 Å². The summed E-state index contributed by atoms with van der Waals surface area (Å²) in [5, 5.41) is 11.3. The van der Waals surface area contributed by atoms with Crippen LogP contribution in [0.4, 0.5) is 17.1 Å². The van der Waals surface area contributed by atoms with E-state index in [2.05, 4.69) is 27.4 Å². The average Bonchev–Trinajstić information content (AvgIpc) is 2.64. The number of nitrogens with one attached hydrogen (secondary N) is 1. The smallest absolute Gasteiger partial charge is 0.238 e. The first-order chi connectivity index (χ1) is 12.2. The van der Waals surface area contributed by atoms with E-state index < -0.39 is 0 Å². The number of rotatable bonds is 5. The van der Waals surface area contributed by atoms with Crippen LogP contribution in [-0.2, 0) is 9.53 Å². The van der Waals surface area contributed by atoms with Gasteiger partial charge in [-0.1, -0.05) is 18.2 Å². The van der Waals surface area contributed by atoms with Crippen molar-refractivity contribution in [2.75, 3.05) is 31.6 Å². The molecule has 2 aromatic rings. The highest BCUT2D eigenvalue weighted by Gasteiger charge is 2.20. The maximum atomic E-state index is 12.2. The average molecular weight is 338 g/mol. The molecule has 1 N–H and O–H groups in total. The number of benzene rings is 2. The second kappa shape index (κ2) is 8.50. The minimum Gasteiger partial charge on any atom is -0.379 e. The second-order valence-corrected chi connectivity index (χ2v) is 6.03. The van der Waals surface area contributed by atoms with Crippen LogP contribution in [0.2, 0.25) is 0 Å². The van der Waals surface area contributed by atoms with Gasteiger partial charge in [-0.25, -0.2) is 0 Å². The number of nitrogens with zero attached hydrogens (tertiary/aromatic N) is 3. The fourth-order valence-corrected chi connectivity index (χ4v) is 2.60. The van der Waals surface area contributed by atoms with Gasteiger partial charge in [0, 0.05) is 18.3 Å². The van der Waals surface area contributed by atoms with Crippen molar-refractivity contribution in [3.05, 3.63) is 54.6 Å². The summed E-state index contributed by atoms with van der Waals surface area (Å²) in [4.78, 5) is 14.3. The lowest BCUT2D eigenvalue weighted by molar-refractivity contribution is -0.119. The van der Waals surface area contributed by atoms with E-state index in [0.29, 0.717) is 19.8 Å². The lowest BCUT2D eigenvalue weighted by atomic mass is 10.2. The monoisotopic (exact) mass is 338 g/mol. The Labute approximate surface area is 147 Å². The Morgan fingerprint density at radius 3 is 2.48 bits per heavy atom. The summed E-state index contributed by atoms with van der Waals surface area (Å²) in [6.45, 7) is 4.58. The predicted octanol–water partition coefficient (Wildman–Crippen LogP) is 3.76. The maximum Gasteiger partial charge on any atom is 0.238 e. The van der Waals surface area contributed by atoms with Gasteiger partial charge >= 0.3 is 0 Å². The van der Waals surface area contributed by atoms with Gasteiger partial charge < -0.3 is 10.1 Å². The normalized spacial score (nSPS) is 18.4. The number of morpholine rings is 1. The van der Waals surface area contributed by atoms with Gasteiger partial charge in [0.1, 0.15) is 0 Å². The number of ether oxygens (including phenoxy) is 1. The number of carbonyl (C=O) groups excluding carboxylic acids is 1. The van der Waals surface area contributed by atoms with E-state index in [4.69, 9.17) is 4.74 Å². The highest BCUT2D eigenvalue weighted by molar-refractivity contribution is 5.92. The third-order valence-corrected chi connectivity index (χ3v) is 4.04. The topological polar surface area (TPSA) is 66.3 Å². The lowest BCUT2D eigenvalue weighted by Crippen LogP contribution is -2.47. The summed E-state index contributed by atoms with van der Waals surface area (Å²) in [7, 11) is 0. The Bertz CT molecular complexity index is 716. The molecule has 1 fully saturated rings. The van der Waals surface area contributed by atoms with Gasteiger partial charge in [-0.15, -0.1) is 0 Å². The van der Waals surface area contributed by atoms with Gasteiger partial charge in [-0.05, 0) is 43.3 Å². The van der Waals surface area contributed by atoms with E-state index in [9.17, 15) is 4.79 Å². The molecule has 3 rings (SSSR count). The summed E-state index contributed by atoms with van der Waals surface area (Å²) < 4.78 is 5.39. The molecule has 0 unspecified atom stereocenters. The van der Waals surface area contributed by atoms with E-state index >= 15 is 0 Å².